The normalized spacial score (nSPS) is 17.0. The third kappa shape index (κ3) is 6.81. The van der Waals surface area contributed by atoms with E-state index >= 15 is 0 Å². The standard InChI is InChI=1S/C35H40N8O4/c1-23-22-41(17-18-42(23)32(45)16-14-30(44)24-9-12-28(47-4)13-10-24)27-11-15-31(36-21-27)38-35-37-20-25-19-29(34(46)40(2)3)43(33(25)39-35)26-7-5-6-8-26/h9-16,19-21,23,26H,5-8,17-18,22H2,1-4H3,(H,36,37,38,39)/b16-14+. The molecule has 2 aliphatic rings. The zero-order valence-corrected chi connectivity index (χ0v) is 27.2. The number of ether oxygens (including phenoxy) is 1. The molecule has 3 aromatic heterocycles. The van der Waals surface area contributed by atoms with Crippen LogP contribution in [0.25, 0.3) is 11.0 Å². The van der Waals surface area contributed by atoms with Gasteiger partial charge in [-0.15, -0.1) is 0 Å². The van der Waals surface area contributed by atoms with Gasteiger partial charge in [-0.2, -0.15) is 4.98 Å². The number of nitrogens with zero attached hydrogens (tertiary/aromatic N) is 7. The second-order valence-corrected chi connectivity index (χ2v) is 12.3. The molecule has 1 atom stereocenters. The Kier molecular flexibility index (Phi) is 9.19. The van der Waals surface area contributed by atoms with Crippen molar-refractivity contribution in [3.63, 3.8) is 0 Å². The lowest BCUT2D eigenvalue weighted by Crippen LogP contribution is -2.53. The number of methoxy groups -OCH3 is 1. The van der Waals surface area contributed by atoms with Crippen LogP contribution < -0.4 is 15.0 Å². The monoisotopic (exact) mass is 636 g/mol. The topological polar surface area (TPSA) is 126 Å². The van der Waals surface area contributed by atoms with Gasteiger partial charge in [-0.25, -0.2) is 9.97 Å². The maximum atomic E-state index is 13.0. The van der Waals surface area contributed by atoms with Gasteiger partial charge in [-0.05, 0) is 68.3 Å². The van der Waals surface area contributed by atoms with E-state index in [2.05, 4.69) is 24.8 Å². The molecule has 6 rings (SSSR count). The van der Waals surface area contributed by atoms with Gasteiger partial charge in [-0.3, -0.25) is 14.4 Å². The van der Waals surface area contributed by atoms with Crippen LogP contribution >= 0.6 is 0 Å². The lowest BCUT2D eigenvalue weighted by atomic mass is 10.1. The number of carbonyl (C=O) groups excluding carboxylic acids is 3. The average Bonchev–Trinajstić information content (AvgIpc) is 3.75. The van der Waals surface area contributed by atoms with Crippen molar-refractivity contribution in [1.82, 2.24) is 29.3 Å². The summed E-state index contributed by atoms with van der Waals surface area (Å²) in [5.41, 5.74) is 2.82. The van der Waals surface area contributed by atoms with Gasteiger partial charge < -0.3 is 29.3 Å². The summed E-state index contributed by atoms with van der Waals surface area (Å²) >= 11 is 0. The Balaban J connectivity index is 1.09. The Hall–Kier alpha value is -5.26. The maximum absolute atomic E-state index is 13.0. The van der Waals surface area contributed by atoms with Gasteiger partial charge in [0, 0.05) is 69.0 Å². The van der Waals surface area contributed by atoms with E-state index in [4.69, 9.17) is 9.72 Å². The molecule has 1 aliphatic heterocycles. The number of allylic oxidation sites excluding steroid dienone is 1. The molecule has 12 heteroatoms. The van der Waals surface area contributed by atoms with Gasteiger partial charge in [0.05, 0.1) is 19.0 Å². The van der Waals surface area contributed by atoms with E-state index in [0.29, 0.717) is 48.4 Å². The Morgan fingerprint density at radius 1 is 0.979 bits per heavy atom. The summed E-state index contributed by atoms with van der Waals surface area (Å²) < 4.78 is 7.23. The molecule has 1 saturated heterocycles. The lowest BCUT2D eigenvalue weighted by molar-refractivity contribution is -0.128. The van der Waals surface area contributed by atoms with Crippen molar-refractivity contribution in [3.05, 3.63) is 78.3 Å². The van der Waals surface area contributed by atoms with Crippen LogP contribution in [0.1, 0.15) is 59.5 Å². The van der Waals surface area contributed by atoms with Crippen LogP contribution in [0, 0.1) is 0 Å². The number of hydrogen-bond donors (Lipinski definition) is 1. The summed E-state index contributed by atoms with van der Waals surface area (Å²) in [5.74, 6) is 1.22. The van der Waals surface area contributed by atoms with Gasteiger partial charge >= 0.3 is 0 Å². The van der Waals surface area contributed by atoms with Crippen LogP contribution in [0.2, 0.25) is 0 Å². The minimum Gasteiger partial charge on any atom is -0.497 e. The minimum atomic E-state index is -0.232. The SMILES string of the molecule is COc1ccc(C(=O)/C=C/C(=O)N2CCN(c3ccc(Nc4ncc5cc(C(=O)N(C)C)n(C6CCCC6)c5n4)nc3)CC2C)cc1. The molecule has 1 aliphatic carbocycles. The molecule has 1 saturated carbocycles. The van der Waals surface area contributed by atoms with Crippen molar-refractivity contribution in [2.75, 3.05) is 51.1 Å². The number of anilines is 3. The second kappa shape index (κ2) is 13.6. The van der Waals surface area contributed by atoms with Crippen molar-refractivity contribution < 1.29 is 19.1 Å². The number of benzene rings is 1. The zero-order valence-electron chi connectivity index (χ0n) is 27.2. The molecule has 0 radical (unpaired) electrons. The summed E-state index contributed by atoms with van der Waals surface area (Å²) in [5, 5.41) is 4.06. The van der Waals surface area contributed by atoms with Crippen molar-refractivity contribution in [1.29, 1.82) is 0 Å². The van der Waals surface area contributed by atoms with Gasteiger partial charge in [-0.1, -0.05) is 12.8 Å². The molecule has 0 bridgehead atoms. The summed E-state index contributed by atoms with van der Waals surface area (Å²) in [6, 6.07) is 12.7. The number of ketones is 1. The van der Waals surface area contributed by atoms with Gasteiger partial charge in [0.2, 0.25) is 11.9 Å². The van der Waals surface area contributed by atoms with E-state index in [-0.39, 0.29) is 29.7 Å². The number of nitrogens with one attached hydrogen (secondary N) is 1. The van der Waals surface area contributed by atoms with E-state index in [0.717, 1.165) is 42.4 Å². The molecule has 1 aromatic carbocycles. The molecule has 1 unspecified atom stereocenters. The highest BCUT2D eigenvalue weighted by molar-refractivity contribution is 6.07. The molecule has 2 amide bonds. The van der Waals surface area contributed by atoms with Crippen LogP contribution in [-0.4, -0.2) is 93.8 Å². The highest BCUT2D eigenvalue weighted by atomic mass is 16.5. The van der Waals surface area contributed by atoms with Crippen molar-refractivity contribution in [3.8, 4) is 5.75 Å². The van der Waals surface area contributed by atoms with Crippen molar-refractivity contribution >= 4 is 46.1 Å². The predicted octanol–water partition coefficient (Wildman–Crippen LogP) is 4.87. The first-order valence-electron chi connectivity index (χ1n) is 16.0. The molecular formula is C35H40N8O4. The smallest absolute Gasteiger partial charge is 0.270 e. The Bertz CT molecular complexity index is 1790. The first-order valence-corrected chi connectivity index (χ1v) is 16.0. The number of rotatable bonds is 9. The van der Waals surface area contributed by atoms with E-state index in [1.165, 1.54) is 12.2 Å². The van der Waals surface area contributed by atoms with E-state index in [1.807, 2.05) is 25.1 Å². The zero-order chi connectivity index (χ0) is 33.1. The maximum Gasteiger partial charge on any atom is 0.270 e. The lowest BCUT2D eigenvalue weighted by Gasteiger charge is -2.40. The third-order valence-electron chi connectivity index (χ3n) is 8.91. The number of hydrogen-bond acceptors (Lipinski definition) is 9. The Morgan fingerprint density at radius 3 is 2.40 bits per heavy atom. The first-order chi connectivity index (χ1) is 22.7. The Morgan fingerprint density at radius 2 is 1.74 bits per heavy atom. The van der Waals surface area contributed by atoms with Crippen LogP contribution in [0.5, 0.6) is 5.75 Å². The van der Waals surface area contributed by atoms with E-state index in [9.17, 15) is 14.4 Å². The summed E-state index contributed by atoms with van der Waals surface area (Å²) in [6.45, 7) is 3.79. The third-order valence-corrected chi connectivity index (χ3v) is 8.91. The largest absolute Gasteiger partial charge is 0.497 e. The summed E-state index contributed by atoms with van der Waals surface area (Å²) in [7, 11) is 5.10. The molecule has 12 nitrogen and oxygen atoms in total. The molecule has 47 heavy (non-hydrogen) atoms. The van der Waals surface area contributed by atoms with Crippen LogP contribution in [0.3, 0.4) is 0 Å². The predicted molar refractivity (Wildman–Crippen MR) is 180 cm³/mol. The van der Waals surface area contributed by atoms with E-state index < -0.39 is 0 Å². The quantitative estimate of drug-likeness (QED) is 0.202. The average molecular weight is 637 g/mol. The fourth-order valence-electron chi connectivity index (χ4n) is 6.37. The van der Waals surface area contributed by atoms with Crippen molar-refractivity contribution in [2.24, 2.45) is 0 Å². The number of fused-ring (bicyclic) bond motifs is 1. The number of pyridine rings is 1. The number of carbonyl (C=O) groups is 3. The second-order valence-electron chi connectivity index (χ2n) is 12.3. The number of amides is 2. The molecule has 1 N–H and O–H groups in total. The molecule has 244 valence electrons. The van der Waals surface area contributed by atoms with Gasteiger partial charge in [0.25, 0.3) is 5.91 Å². The molecule has 4 aromatic rings. The van der Waals surface area contributed by atoms with Crippen LogP contribution in [0.4, 0.5) is 17.5 Å². The fourth-order valence-corrected chi connectivity index (χ4v) is 6.37. The molecule has 0 spiro atoms. The van der Waals surface area contributed by atoms with Crippen molar-refractivity contribution in [2.45, 2.75) is 44.7 Å². The molecular weight excluding hydrogens is 596 g/mol. The fraction of sp³-hybridized carbons (Fsp3) is 0.371. The minimum absolute atomic E-state index is 0.0440. The summed E-state index contributed by atoms with van der Waals surface area (Å²) in [6.07, 6.45) is 10.6. The molecule has 2 fully saturated rings. The van der Waals surface area contributed by atoms with Crippen LogP contribution in [-0.2, 0) is 4.79 Å². The molecule has 4 heterocycles. The van der Waals surface area contributed by atoms with Gasteiger partial charge in [0.15, 0.2) is 5.78 Å². The van der Waals surface area contributed by atoms with Gasteiger partial charge in [0.1, 0.15) is 22.9 Å². The highest BCUT2D eigenvalue weighted by Gasteiger charge is 2.28. The number of piperazine rings is 1. The first kappa shape index (κ1) is 31.7. The summed E-state index contributed by atoms with van der Waals surface area (Å²) in [4.78, 5) is 58.0. The number of aromatic nitrogens is 4. The highest BCUT2D eigenvalue weighted by Crippen LogP contribution is 2.35. The van der Waals surface area contributed by atoms with Crippen LogP contribution in [0.15, 0.2) is 67.0 Å². The Labute approximate surface area is 274 Å². The van der Waals surface area contributed by atoms with E-state index in [1.54, 1.807) is 67.7 Å².